The highest BCUT2D eigenvalue weighted by atomic mass is 19.4. The van der Waals surface area contributed by atoms with Crippen LogP contribution >= 0.6 is 0 Å². The molecule has 1 aromatic rings. The summed E-state index contributed by atoms with van der Waals surface area (Å²) in [7, 11) is 0. The predicted octanol–water partition coefficient (Wildman–Crippen LogP) is 2.79. The van der Waals surface area contributed by atoms with E-state index in [1.807, 2.05) is 11.0 Å². The van der Waals surface area contributed by atoms with Gasteiger partial charge in [0.15, 0.2) is 0 Å². The molecule has 1 N–H and O–H groups in total. The maximum Gasteiger partial charge on any atom is 0.416 e. The molecule has 0 amide bonds. The topological polar surface area (TPSA) is 47.3 Å². The summed E-state index contributed by atoms with van der Waals surface area (Å²) in [5.41, 5.74) is -0.273. The lowest BCUT2D eigenvalue weighted by Crippen LogP contribution is -2.37. The molecule has 108 valence electrons. The standard InChI is InChI=1S/C14H15F3N2O/c15-14(16,17)12-3-4-13(11(6-12)7-18)19-5-1-2-10(8-19)9-20/h3-4,6,10,20H,1-2,5,8-9H2. The van der Waals surface area contributed by atoms with Crippen LogP contribution in [0.4, 0.5) is 18.9 Å². The normalized spacial score (nSPS) is 19.8. The molecule has 1 saturated heterocycles. The second-order valence-corrected chi connectivity index (χ2v) is 4.98. The van der Waals surface area contributed by atoms with Gasteiger partial charge in [0.05, 0.1) is 16.8 Å². The number of rotatable bonds is 2. The monoisotopic (exact) mass is 284 g/mol. The van der Waals surface area contributed by atoms with E-state index in [9.17, 15) is 18.3 Å². The van der Waals surface area contributed by atoms with E-state index in [0.29, 0.717) is 18.8 Å². The van der Waals surface area contributed by atoms with Gasteiger partial charge < -0.3 is 10.0 Å². The molecule has 0 saturated carbocycles. The quantitative estimate of drug-likeness (QED) is 0.908. The lowest BCUT2D eigenvalue weighted by Gasteiger charge is -2.34. The Labute approximate surface area is 115 Å². The third kappa shape index (κ3) is 3.05. The molecule has 1 aliphatic heterocycles. The van der Waals surface area contributed by atoms with Crippen LogP contribution in [-0.4, -0.2) is 24.8 Å². The van der Waals surface area contributed by atoms with Crippen molar-refractivity contribution >= 4 is 5.69 Å². The summed E-state index contributed by atoms with van der Waals surface area (Å²) in [5.74, 6) is 0.109. The van der Waals surface area contributed by atoms with Crippen molar-refractivity contribution in [2.75, 3.05) is 24.6 Å². The molecule has 0 aromatic heterocycles. The van der Waals surface area contributed by atoms with Crippen molar-refractivity contribution in [3.8, 4) is 6.07 Å². The van der Waals surface area contributed by atoms with Crippen molar-refractivity contribution in [1.29, 1.82) is 5.26 Å². The number of halogens is 3. The van der Waals surface area contributed by atoms with Crippen LogP contribution in [0.3, 0.4) is 0 Å². The molecule has 20 heavy (non-hydrogen) atoms. The summed E-state index contributed by atoms with van der Waals surface area (Å²) in [6.45, 7) is 1.31. The fourth-order valence-corrected chi connectivity index (χ4v) is 2.51. The Morgan fingerprint density at radius 3 is 2.75 bits per heavy atom. The highest BCUT2D eigenvalue weighted by molar-refractivity contribution is 5.61. The summed E-state index contributed by atoms with van der Waals surface area (Å²) in [6.07, 6.45) is -2.69. The zero-order chi connectivity index (χ0) is 14.8. The van der Waals surface area contributed by atoms with Gasteiger partial charge >= 0.3 is 6.18 Å². The van der Waals surface area contributed by atoms with Crippen LogP contribution in [-0.2, 0) is 6.18 Å². The lowest BCUT2D eigenvalue weighted by atomic mass is 9.97. The Morgan fingerprint density at radius 1 is 1.40 bits per heavy atom. The molecule has 0 bridgehead atoms. The third-order valence-electron chi connectivity index (χ3n) is 3.56. The van der Waals surface area contributed by atoms with Crippen LogP contribution in [0.2, 0.25) is 0 Å². The van der Waals surface area contributed by atoms with E-state index >= 15 is 0 Å². The summed E-state index contributed by atoms with van der Waals surface area (Å²) in [5, 5.41) is 18.3. The summed E-state index contributed by atoms with van der Waals surface area (Å²) >= 11 is 0. The molecule has 0 spiro atoms. The molecular weight excluding hydrogens is 269 g/mol. The van der Waals surface area contributed by atoms with Crippen molar-refractivity contribution in [3.05, 3.63) is 29.3 Å². The SMILES string of the molecule is N#Cc1cc(C(F)(F)F)ccc1N1CCCC(CO)C1. The number of hydrogen-bond donors (Lipinski definition) is 1. The third-order valence-corrected chi connectivity index (χ3v) is 3.56. The fraction of sp³-hybridized carbons (Fsp3) is 0.500. The smallest absolute Gasteiger partial charge is 0.396 e. The zero-order valence-corrected chi connectivity index (χ0v) is 10.8. The minimum absolute atomic E-state index is 0.0263. The number of anilines is 1. The van der Waals surface area contributed by atoms with Gasteiger partial charge in [0.1, 0.15) is 6.07 Å². The Hall–Kier alpha value is -1.74. The Balaban J connectivity index is 2.30. The zero-order valence-electron chi connectivity index (χ0n) is 10.8. The van der Waals surface area contributed by atoms with Crippen LogP contribution in [0.1, 0.15) is 24.0 Å². The molecule has 1 aliphatic rings. The molecule has 0 aliphatic carbocycles. The van der Waals surface area contributed by atoms with Gasteiger partial charge in [-0.1, -0.05) is 0 Å². The Kier molecular flexibility index (Phi) is 4.19. The number of aliphatic hydroxyl groups excluding tert-OH is 1. The maximum absolute atomic E-state index is 12.6. The molecule has 1 atom stereocenters. The second kappa shape index (κ2) is 5.71. The first-order chi connectivity index (χ1) is 9.45. The number of alkyl halides is 3. The highest BCUT2D eigenvalue weighted by Gasteiger charge is 2.31. The van der Waals surface area contributed by atoms with E-state index in [4.69, 9.17) is 5.26 Å². The minimum atomic E-state index is -4.44. The average Bonchev–Trinajstić information content (AvgIpc) is 2.45. The van der Waals surface area contributed by atoms with Crippen molar-refractivity contribution in [2.45, 2.75) is 19.0 Å². The molecule has 1 heterocycles. The van der Waals surface area contributed by atoms with Gasteiger partial charge in [-0.2, -0.15) is 18.4 Å². The number of hydrogen-bond acceptors (Lipinski definition) is 3. The second-order valence-electron chi connectivity index (χ2n) is 4.98. The maximum atomic E-state index is 12.6. The van der Waals surface area contributed by atoms with E-state index in [-0.39, 0.29) is 18.1 Å². The van der Waals surface area contributed by atoms with Crippen LogP contribution in [0, 0.1) is 17.2 Å². The van der Waals surface area contributed by atoms with Gasteiger partial charge in [-0.25, -0.2) is 0 Å². The minimum Gasteiger partial charge on any atom is -0.396 e. The van der Waals surface area contributed by atoms with Gasteiger partial charge in [0.2, 0.25) is 0 Å². The number of benzene rings is 1. The molecule has 6 heteroatoms. The predicted molar refractivity (Wildman–Crippen MR) is 68.2 cm³/mol. The Bertz CT molecular complexity index is 522. The number of nitrogens with zero attached hydrogens (tertiary/aromatic N) is 2. The van der Waals surface area contributed by atoms with Gasteiger partial charge in [0.25, 0.3) is 0 Å². The fourth-order valence-electron chi connectivity index (χ4n) is 2.51. The molecule has 1 unspecified atom stereocenters. The first-order valence-electron chi connectivity index (χ1n) is 6.43. The van der Waals surface area contributed by atoms with Crippen LogP contribution in [0.15, 0.2) is 18.2 Å². The van der Waals surface area contributed by atoms with E-state index in [2.05, 4.69) is 0 Å². The van der Waals surface area contributed by atoms with Crippen molar-refractivity contribution in [2.24, 2.45) is 5.92 Å². The van der Waals surface area contributed by atoms with Crippen LogP contribution in [0.5, 0.6) is 0 Å². The number of aliphatic hydroxyl groups is 1. The first kappa shape index (κ1) is 14.7. The Morgan fingerprint density at radius 2 is 2.15 bits per heavy atom. The molecule has 1 fully saturated rings. The van der Waals surface area contributed by atoms with Crippen molar-refractivity contribution in [1.82, 2.24) is 0 Å². The van der Waals surface area contributed by atoms with E-state index in [1.165, 1.54) is 6.07 Å². The number of nitriles is 1. The largest absolute Gasteiger partial charge is 0.416 e. The van der Waals surface area contributed by atoms with E-state index in [1.54, 1.807) is 0 Å². The van der Waals surface area contributed by atoms with Gasteiger partial charge in [-0.15, -0.1) is 0 Å². The number of piperidine rings is 1. The first-order valence-corrected chi connectivity index (χ1v) is 6.43. The lowest BCUT2D eigenvalue weighted by molar-refractivity contribution is -0.137. The van der Waals surface area contributed by atoms with Crippen molar-refractivity contribution < 1.29 is 18.3 Å². The molecule has 3 nitrogen and oxygen atoms in total. The van der Waals surface area contributed by atoms with Gasteiger partial charge in [0, 0.05) is 19.7 Å². The molecule has 1 aromatic carbocycles. The van der Waals surface area contributed by atoms with Gasteiger partial charge in [-0.05, 0) is 37.0 Å². The summed E-state index contributed by atoms with van der Waals surface area (Å²) < 4.78 is 37.9. The average molecular weight is 284 g/mol. The van der Waals surface area contributed by atoms with Crippen molar-refractivity contribution in [3.63, 3.8) is 0 Å². The van der Waals surface area contributed by atoms with Gasteiger partial charge in [-0.3, -0.25) is 0 Å². The summed E-state index contributed by atoms with van der Waals surface area (Å²) in [6, 6.07) is 5.07. The summed E-state index contributed by atoms with van der Waals surface area (Å²) in [4.78, 5) is 1.88. The van der Waals surface area contributed by atoms with E-state index in [0.717, 1.165) is 25.0 Å². The van der Waals surface area contributed by atoms with Crippen LogP contribution in [0.25, 0.3) is 0 Å². The highest BCUT2D eigenvalue weighted by Crippen LogP contribution is 2.33. The van der Waals surface area contributed by atoms with E-state index < -0.39 is 11.7 Å². The molecular formula is C14H15F3N2O. The molecule has 0 radical (unpaired) electrons. The van der Waals surface area contributed by atoms with Crippen LogP contribution < -0.4 is 4.90 Å². The molecule has 2 rings (SSSR count).